The molecule has 0 fully saturated rings. The summed E-state index contributed by atoms with van der Waals surface area (Å²) in [5, 5.41) is 0. The molecule has 1 aliphatic heterocycles. The molecule has 1 aliphatic rings. The van der Waals surface area contributed by atoms with Gasteiger partial charge in [0.25, 0.3) is 5.91 Å². The van der Waals surface area contributed by atoms with E-state index >= 15 is 0 Å². The van der Waals surface area contributed by atoms with Crippen molar-refractivity contribution in [1.82, 2.24) is 9.80 Å². The van der Waals surface area contributed by atoms with Gasteiger partial charge in [0.1, 0.15) is 11.6 Å². The maximum absolute atomic E-state index is 13.1. The molecule has 412 valence electrons. The zero-order chi connectivity index (χ0) is 58.4. The number of ketones is 3. The third-order valence-electron chi connectivity index (χ3n) is 12.1. The minimum Gasteiger partial charge on any atom is -0.459 e. The summed E-state index contributed by atoms with van der Waals surface area (Å²) in [6.45, 7) is 6.89. The zero-order valence-electron chi connectivity index (χ0n) is 47.2. The lowest BCUT2D eigenvalue weighted by Crippen LogP contribution is -2.34. The minimum atomic E-state index is -0.574. The van der Waals surface area contributed by atoms with Crippen LogP contribution in [0.4, 0.5) is 0 Å². The summed E-state index contributed by atoms with van der Waals surface area (Å²) in [5.41, 5.74) is 9.22. The quantitative estimate of drug-likeness (QED) is 0.0702. The Kier molecular flexibility index (Phi) is 24.6. The van der Waals surface area contributed by atoms with E-state index in [0.29, 0.717) is 18.7 Å². The summed E-state index contributed by atoms with van der Waals surface area (Å²) >= 11 is 0. The van der Waals surface area contributed by atoms with Crippen LogP contribution in [0.15, 0.2) is 267 Å². The minimum absolute atomic E-state index is 0.0114. The van der Waals surface area contributed by atoms with Gasteiger partial charge >= 0.3 is 5.97 Å². The summed E-state index contributed by atoms with van der Waals surface area (Å²) in [7, 11) is 3.45. The molecule has 0 aromatic heterocycles. The number of carbonyl (C=O) groups excluding carboxylic acids is 5. The van der Waals surface area contributed by atoms with Gasteiger partial charge in [-0.25, -0.2) is 4.79 Å². The van der Waals surface area contributed by atoms with Crippen LogP contribution >= 0.6 is 0 Å². The van der Waals surface area contributed by atoms with Gasteiger partial charge in [0.15, 0.2) is 17.3 Å². The second-order valence-electron chi connectivity index (χ2n) is 20.1. The molecule has 0 aliphatic carbocycles. The predicted molar refractivity (Wildman–Crippen MR) is 337 cm³/mol. The van der Waals surface area contributed by atoms with Crippen molar-refractivity contribution < 1.29 is 28.7 Å². The molecule has 8 aromatic rings. The Morgan fingerprint density at radius 2 is 0.732 bits per heavy atom. The number of benzene rings is 8. The highest BCUT2D eigenvalue weighted by atomic mass is 16.6. The number of allylic oxidation sites excluding steroid dienone is 6. The van der Waals surface area contributed by atoms with E-state index in [4.69, 9.17) is 4.74 Å². The largest absolute Gasteiger partial charge is 0.459 e. The van der Waals surface area contributed by atoms with Crippen LogP contribution in [0.1, 0.15) is 87.2 Å². The Morgan fingerprint density at radius 1 is 0.439 bits per heavy atom. The molecule has 0 N–H and O–H groups in total. The van der Waals surface area contributed by atoms with Crippen LogP contribution < -0.4 is 0 Å². The fraction of sp³-hybridized carbons (Fsp3) is 0.122. The molecule has 1 atom stereocenters. The standard InChI is InChI=1S/C23H28N2O3.3C17H14O/c1-23(2,3)28-22(27)20-19-13-17(21(26)24(4)5)11-12-18(19)15-25(20)14-16-9-7-6-8-10-16;3*18-17(13-11-15-7-3-1-4-8-15)14-12-16-9-5-2-6-10-16/h6-13,20H,14-15H2,1-5H3;3*1-14H. The first kappa shape index (κ1) is 61.3. The monoisotopic (exact) mass is 1080 g/mol. The van der Waals surface area contributed by atoms with E-state index in [2.05, 4.69) is 17.0 Å². The first-order chi connectivity index (χ1) is 39.7. The summed E-state index contributed by atoms with van der Waals surface area (Å²) in [6.07, 6.45) is 20.4. The Balaban J connectivity index is 0.000000180. The Morgan fingerprint density at radius 3 is 1.01 bits per heavy atom. The summed E-state index contributed by atoms with van der Waals surface area (Å²) in [5.74, 6) is -0.392. The van der Waals surface area contributed by atoms with Gasteiger partial charge in [-0.3, -0.25) is 24.1 Å². The summed E-state index contributed by atoms with van der Waals surface area (Å²) in [6, 6.07) is 73.8. The molecule has 0 saturated heterocycles. The predicted octanol–water partition coefficient (Wildman–Crippen LogP) is 15.7. The summed E-state index contributed by atoms with van der Waals surface area (Å²) in [4.78, 5) is 64.0. The van der Waals surface area contributed by atoms with Gasteiger partial charge in [0.05, 0.1) is 0 Å². The Labute approximate surface area is 484 Å². The normalized spacial score (nSPS) is 13.0. The number of fused-ring (bicyclic) bond motifs is 1. The summed E-state index contributed by atoms with van der Waals surface area (Å²) < 4.78 is 5.72. The first-order valence-corrected chi connectivity index (χ1v) is 27.0. The van der Waals surface area contributed by atoms with Crippen molar-refractivity contribution in [3.8, 4) is 0 Å². The Hall–Kier alpha value is -9.89. The molecular formula is C74H70N2O6. The molecule has 1 heterocycles. The van der Waals surface area contributed by atoms with E-state index in [1.54, 1.807) is 55.5 Å². The average molecular weight is 1080 g/mol. The van der Waals surface area contributed by atoms with Crippen molar-refractivity contribution in [3.05, 3.63) is 323 Å². The van der Waals surface area contributed by atoms with Crippen LogP contribution in [0.25, 0.3) is 36.5 Å². The van der Waals surface area contributed by atoms with Gasteiger partial charge in [0, 0.05) is 32.7 Å². The molecule has 8 aromatic carbocycles. The van der Waals surface area contributed by atoms with Crippen molar-refractivity contribution in [2.45, 2.75) is 45.5 Å². The number of rotatable bonds is 16. The molecule has 0 bridgehead atoms. The fourth-order valence-electron chi connectivity index (χ4n) is 8.11. The number of nitrogens with zero attached hydrogens (tertiary/aromatic N) is 2. The number of amides is 1. The van der Waals surface area contributed by atoms with Crippen LogP contribution in [0.3, 0.4) is 0 Å². The van der Waals surface area contributed by atoms with E-state index < -0.39 is 11.6 Å². The molecular weight excluding hydrogens is 1010 g/mol. The fourth-order valence-corrected chi connectivity index (χ4v) is 8.11. The van der Waals surface area contributed by atoms with Crippen LogP contribution in [0, 0.1) is 0 Å². The van der Waals surface area contributed by atoms with Crippen LogP contribution in [-0.4, -0.2) is 58.7 Å². The van der Waals surface area contributed by atoms with Gasteiger partial charge in [-0.2, -0.15) is 0 Å². The molecule has 8 nitrogen and oxygen atoms in total. The van der Waals surface area contributed by atoms with Crippen LogP contribution in [-0.2, 0) is 37.0 Å². The molecule has 9 rings (SSSR count). The number of esters is 1. The van der Waals surface area contributed by atoms with E-state index in [0.717, 1.165) is 50.1 Å². The zero-order valence-corrected chi connectivity index (χ0v) is 47.2. The van der Waals surface area contributed by atoms with Crippen LogP contribution in [0.5, 0.6) is 0 Å². The first-order valence-electron chi connectivity index (χ1n) is 27.0. The molecule has 0 spiro atoms. The van der Waals surface area contributed by atoms with Crippen LogP contribution in [0.2, 0.25) is 0 Å². The average Bonchev–Trinajstić information content (AvgIpc) is 4.10. The number of carbonyl (C=O) groups is 5. The Bertz CT molecular complexity index is 3050. The molecule has 0 saturated carbocycles. The number of hydrogen-bond donors (Lipinski definition) is 0. The van der Waals surface area contributed by atoms with E-state index in [9.17, 15) is 24.0 Å². The van der Waals surface area contributed by atoms with Gasteiger partial charge in [-0.15, -0.1) is 0 Å². The van der Waals surface area contributed by atoms with Gasteiger partial charge < -0.3 is 9.64 Å². The van der Waals surface area contributed by atoms with Crippen molar-refractivity contribution in [3.63, 3.8) is 0 Å². The third kappa shape index (κ3) is 22.5. The molecule has 0 radical (unpaired) electrons. The van der Waals surface area contributed by atoms with Gasteiger partial charge in [-0.1, -0.05) is 255 Å². The van der Waals surface area contributed by atoms with E-state index in [1.807, 2.05) is 276 Å². The highest BCUT2D eigenvalue weighted by molar-refractivity contribution is 6.05. The third-order valence-corrected chi connectivity index (χ3v) is 12.1. The van der Waals surface area contributed by atoms with Crippen molar-refractivity contribution in [1.29, 1.82) is 0 Å². The highest BCUT2D eigenvalue weighted by Gasteiger charge is 2.39. The highest BCUT2D eigenvalue weighted by Crippen LogP contribution is 2.37. The van der Waals surface area contributed by atoms with Gasteiger partial charge in [-0.05, 0) is 119 Å². The maximum Gasteiger partial charge on any atom is 0.328 e. The second-order valence-corrected chi connectivity index (χ2v) is 20.1. The van der Waals surface area contributed by atoms with Crippen molar-refractivity contribution in [2.24, 2.45) is 0 Å². The number of hydrogen-bond acceptors (Lipinski definition) is 7. The smallest absolute Gasteiger partial charge is 0.328 e. The lowest BCUT2D eigenvalue weighted by atomic mass is 10.0. The van der Waals surface area contributed by atoms with E-state index in [-0.39, 0.29) is 29.2 Å². The molecule has 1 amide bonds. The van der Waals surface area contributed by atoms with Crippen molar-refractivity contribution >= 4 is 65.7 Å². The molecule has 1 unspecified atom stereocenters. The SMILES string of the molecule is CN(C)C(=O)c1ccc2c(c1)C(C(=O)OC(C)(C)C)N(Cc1ccccc1)C2.O=C(C=Cc1ccccc1)C=Cc1ccccc1.O=C(C=Cc1ccccc1)C=Cc1ccccc1.O=C(C=Cc1ccccc1)C=Cc1ccccc1. The van der Waals surface area contributed by atoms with E-state index in [1.165, 1.54) is 0 Å². The lowest BCUT2D eigenvalue weighted by molar-refractivity contribution is -0.161. The maximum atomic E-state index is 13.1. The van der Waals surface area contributed by atoms with Gasteiger partial charge in [0.2, 0.25) is 0 Å². The molecule has 8 heteroatoms. The second kappa shape index (κ2) is 32.9. The molecule has 82 heavy (non-hydrogen) atoms. The lowest BCUT2D eigenvalue weighted by Gasteiger charge is -2.28. The van der Waals surface area contributed by atoms with Crippen molar-refractivity contribution in [2.75, 3.05) is 14.1 Å². The number of ether oxygens (including phenoxy) is 1. The topological polar surface area (TPSA) is 101 Å².